The maximum Gasteiger partial charge on any atom is 0.196 e. The minimum Gasteiger partial charge on any atom is -0.360 e. The number of hydrogen-bond donors (Lipinski definition) is 0. The Balaban J connectivity index is 2.09. The van der Waals surface area contributed by atoms with E-state index in [4.69, 9.17) is 0 Å². The van der Waals surface area contributed by atoms with Gasteiger partial charge in [-0.1, -0.05) is 30.3 Å². The third-order valence-corrected chi connectivity index (χ3v) is 3.79. The first kappa shape index (κ1) is 12.0. The maximum absolute atomic E-state index is 12.6. The van der Waals surface area contributed by atoms with Crippen molar-refractivity contribution in [3.05, 3.63) is 53.2 Å². The minimum absolute atomic E-state index is 0.117. The second-order valence-corrected chi connectivity index (χ2v) is 5.14. The summed E-state index contributed by atoms with van der Waals surface area (Å²) in [5.74, 6) is 1.18. The predicted octanol–water partition coefficient (Wildman–Crippen LogP) is 2.87. The van der Waals surface area contributed by atoms with Gasteiger partial charge in [0.1, 0.15) is 5.82 Å². The Kier molecular flexibility index (Phi) is 2.90. The van der Waals surface area contributed by atoms with Crippen LogP contribution in [0.2, 0.25) is 0 Å². The number of rotatable bonds is 2. The van der Waals surface area contributed by atoms with E-state index in [0.29, 0.717) is 0 Å². The number of ketones is 1. The molecule has 0 aliphatic carbocycles. The first-order chi connectivity index (χ1) is 9.18. The van der Waals surface area contributed by atoms with Gasteiger partial charge in [-0.3, -0.25) is 4.79 Å². The summed E-state index contributed by atoms with van der Waals surface area (Å²) in [5.41, 5.74) is 2.75. The molecule has 2 heterocycles. The van der Waals surface area contributed by atoms with Gasteiger partial charge in [-0.15, -0.1) is 0 Å². The SMILES string of the molecule is Cc1cc(C(=O)c2ccccc2)c2n1CCCN2C. The van der Waals surface area contributed by atoms with Crippen molar-refractivity contribution in [2.45, 2.75) is 19.9 Å². The molecule has 0 N–H and O–H groups in total. The van der Waals surface area contributed by atoms with E-state index in [0.717, 1.165) is 36.5 Å². The highest BCUT2D eigenvalue weighted by Crippen LogP contribution is 2.30. The van der Waals surface area contributed by atoms with Crippen molar-refractivity contribution in [1.29, 1.82) is 0 Å². The molecule has 0 atom stereocenters. The summed E-state index contributed by atoms with van der Waals surface area (Å²) in [5, 5.41) is 0. The fourth-order valence-electron chi connectivity index (χ4n) is 2.84. The molecule has 0 amide bonds. The van der Waals surface area contributed by atoms with Crippen molar-refractivity contribution in [2.75, 3.05) is 18.5 Å². The zero-order valence-corrected chi connectivity index (χ0v) is 11.4. The van der Waals surface area contributed by atoms with Crippen molar-refractivity contribution < 1.29 is 4.79 Å². The first-order valence-electron chi connectivity index (χ1n) is 6.69. The Hall–Kier alpha value is -2.03. The number of nitrogens with zero attached hydrogens (tertiary/aromatic N) is 2. The van der Waals surface area contributed by atoms with Crippen molar-refractivity contribution >= 4 is 11.6 Å². The number of benzene rings is 1. The lowest BCUT2D eigenvalue weighted by atomic mass is 10.0. The van der Waals surface area contributed by atoms with Gasteiger partial charge >= 0.3 is 0 Å². The van der Waals surface area contributed by atoms with Crippen molar-refractivity contribution in [3.63, 3.8) is 0 Å². The zero-order chi connectivity index (χ0) is 13.4. The fraction of sp³-hybridized carbons (Fsp3) is 0.312. The van der Waals surface area contributed by atoms with Gasteiger partial charge in [0.05, 0.1) is 5.56 Å². The molecule has 3 heteroatoms. The second-order valence-electron chi connectivity index (χ2n) is 5.14. The van der Waals surface area contributed by atoms with Gasteiger partial charge < -0.3 is 9.47 Å². The molecule has 1 aromatic heterocycles. The largest absolute Gasteiger partial charge is 0.360 e. The van der Waals surface area contributed by atoms with Crippen LogP contribution in [0, 0.1) is 6.92 Å². The van der Waals surface area contributed by atoms with Crippen LogP contribution in [0.3, 0.4) is 0 Å². The summed E-state index contributed by atoms with van der Waals surface area (Å²) >= 11 is 0. The second kappa shape index (κ2) is 4.57. The van der Waals surface area contributed by atoms with Crippen LogP contribution in [0.4, 0.5) is 5.82 Å². The molecule has 0 saturated carbocycles. The molecular weight excluding hydrogens is 236 g/mol. The molecule has 1 aliphatic rings. The van der Waals surface area contributed by atoms with E-state index in [1.807, 2.05) is 36.4 Å². The summed E-state index contributed by atoms with van der Waals surface area (Å²) in [6.45, 7) is 4.09. The molecule has 0 spiro atoms. The topological polar surface area (TPSA) is 25.2 Å². The standard InChI is InChI=1S/C16H18N2O/c1-12-11-14(15(19)13-7-4-3-5-8-13)16-17(2)9-6-10-18(12)16/h3-5,7-8,11H,6,9-10H2,1-2H3. The third-order valence-electron chi connectivity index (χ3n) is 3.79. The van der Waals surface area contributed by atoms with Crippen LogP contribution in [0.1, 0.15) is 28.0 Å². The Morgan fingerprint density at radius 2 is 1.89 bits per heavy atom. The molecule has 0 fully saturated rings. The van der Waals surface area contributed by atoms with E-state index < -0.39 is 0 Å². The predicted molar refractivity (Wildman–Crippen MR) is 76.9 cm³/mol. The van der Waals surface area contributed by atoms with Gasteiger partial charge in [0.2, 0.25) is 0 Å². The molecule has 2 aromatic rings. The number of carbonyl (C=O) groups is 1. The van der Waals surface area contributed by atoms with Crippen LogP contribution < -0.4 is 4.90 Å². The molecule has 1 aliphatic heterocycles. The molecule has 3 nitrogen and oxygen atoms in total. The van der Waals surface area contributed by atoms with Crippen molar-refractivity contribution in [1.82, 2.24) is 4.57 Å². The zero-order valence-electron chi connectivity index (χ0n) is 11.4. The molecule has 0 radical (unpaired) electrons. The maximum atomic E-state index is 12.6. The fourth-order valence-corrected chi connectivity index (χ4v) is 2.84. The Morgan fingerprint density at radius 1 is 1.16 bits per heavy atom. The van der Waals surface area contributed by atoms with Crippen LogP contribution in [0.15, 0.2) is 36.4 Å². The molecule has 98 valence electrons. The van der Waals surface area contributed by atoms with E-state index in [1.54, 1.807) is 0 Å². The van der Waals surface area contributed by atoms with E-state index >= 15 is 0 Å². The highest BCUT2D eigenvalue weighted by atomic mass is 16.1. The molecular formula is C16H18N2O. The van der Waals surface area contributed by atoms with E-state index in [-0.39, 0.29) is 5.78 Å². The number of fused-ring (bicyclic) bond motifs is 1. The summed E-state index contributed by atoms with van der Waals surface area (Å²) in [6.07, 6.45) is 1.14. The molecule has 0 unspecified atom stereocenters. The average molecular weight is 254 g/mol. The minimum atomic E-state index is 0.117. The molecule has 1 aromatic carbocycles. The summed E-state index contributed by atoms with van der Waals surface area (Å²) < 4.78 is 2.25. The van der Waals surface area contributed by atoms with Crippen molar-refractivity contribution in [2.24, 2.45) is 0 Å². The summed E-state index contributed by atoms with van der Waals surface area (Å²) in [7, 11) is 2.06. The van der Waals surface area contributed by atoms with Gasteiger partial charge in [0.25, 0.3) is 0 Å². The van der Waals surface area contributed by atoms with Gasteiger partial charge in [-0.25, -0.2) is 0 Å². The van der Waals surface area contributed by atoms with Crippen LogP contribution >= 0.6 is 0 Å². The summed E-state index contributed by atoms with van der Waals surface area (Å²) in [6, 6.07) is 11.5. The van der Waals surface area contributed by atoms with E-state index in [1.165, 1.54) is 5.69 Å². The van der Waals surface area contributed by atoms with Crippen molar-refractivity contribution in [3.8, 4) is 0 Å². The number of aryl methyl sites for hydroxylation is 1. The lowest BCUT2D eigenvalue weighted by Gasteiger charge is -2.28. The lowest BCUT2D eigenvalue weighted by Crippen LogP contribution is -2.29. The highest BCUT2D eigenvalue weighted by molar-refractivity contribution is 6.12. The smallest absolute Gasteiger partial charge is 0.196 e. The van der Waals surface area contributed by atoms with Crippen LogP contribution in [-0.2, 0) is 6.54 Å². The normalized spacial score (nSPS) is 14.3. The summed E-state index contributed by atoms with van der Waals surface area (Å²) in [4.78, 5) is 14.8. The van der Waals surface area contributed by atoms with Crippen LogP contribution in [-0.4, -0.2) is 23.9 Å². The molecule has 0 saturated heterocycles. The molecule has 0 bridgehead atoms. The average Bonchev–Trinajstić information content (AvgIpc) is 2.78. The van der Waals surface area contributed by atoms with E-state index in [9.17, 15) is 4.79 Å². The monoisotopic (exact) mass is 254 g/mol. The number of hydrogen-bond acceptors (Lipinski definition) is 2. The first-order valence-corrected chi connectivity index (χ1v) is 6.69. The van der Waals surface area contributed by atoms with Gasteiger partial charge in [-0.2, -0.15) is 0 Å². The third kappa shape index (κ3) is 1.95. The van der Waals surface area contributed by atoms with Crippen LogP contribution in [0.5, 0.6) is 0 Å². The highest BCUT2D eigenvalue weighted by Gasteiger charge is 2.24. The lowest BCUT2D eigenvalue weighted by molar-refractivity contribution is 0.103. The van der Waals surface area contributed by atoms with Gasteiger partial charge in [-0.05, 0) is 19.4 Å². The quantitative estimate of drug-likeness (QED) is 0.770. The molecule has 19 heavy (non-hydrogen) atoms. The number of aromatic nitrogens is 1. The van der Waals surface area contributed by atoms with E-state index in [2.05, 4.69) is 23.4 Å². The Bertz CT molecular complexity index is 613. The Labute approximate surface area is 113 Å². The number of carbonyl (C=O) groups excluding carboxylic acids is 1. The van der Waals surface area contributed by atoms with Gasteiger partial charge in [0, 0.05) is 31.4 Å². The molecule has 3 rings (SSSR count). The number of anilines is 1. The van der Waals surface area contributed by atoms with Crippen LogP contribution in [0.25, 0.3) is 0 Å². The Morgan fingerprint density at radius 3 is 2.63 bits per heavy atom. The van der Waals surface area contributed by atoms with Gasteiger partial charge in [0.15, 0.2) is 5.78 Å².